The highest BCUT2D eigenvalue weighted by molar-refractivity contribution is 5.71. The van der Waals surface area contributed by atoms with E-state index in [2.05, 4.69) is 59.9 Å². The fourth-order valence-corrected chi connectivity index (χ4v) is 14.1. The van der Waals surface area contributed by atoms with Crippen molar-refractivity contribution < 1.29 is 14.0 Å². The third kappa shape index (κ3) is 4.01. The summed E-state index contributed by atoms with van der Waals surface area (Å²) in [6.07, 6.45) is 13.4. The summed E-state index contributed by atoms with van der Waals surface area (Å²) in [5.41, 5.74) is 3.17. The minimum atomic E-state index is 0.0317. The number of allylic oxidation sites excluding steroid dienone is 1. The van der Waals surface area contributed by atoms with Crippen LogP contribution in [0.4, 0.5) is 0 Å². The fraction of sp³-hybridized carbons (Fsp3) is 0.921. The standard InChI is InChI=1S/C38H63N2O2/c1-26(2)27-11-14-35(5)17-18-37(7)28(33(27)35)9-10-30-36(6)15-13-31(34(3,4)29(36)12-16-38(30,37)8)42-32(41)25-40-22-19-39(20-23-40)21-24-40/h27-31,33H,1,9-25H2,2-8H3/q+1/t27-,28?,29?,30?,31-,33?,35+,36-,37+,38+/m0/s1. The predicted molar refractivity (Wildman–Crippen MR) is 171 cm³/mol. The summed E-state index contributed by atoms with van der Waals surface area (Å²) in [6.45, 7) is 30.0. The molecule has 0 aromatic rings. The SMILES string of the molecule is C=C(C)[C@@H]1CC[C@]2(C)CC[C@]3(C)C(CCC4[C@@]5(C)CC[C@H](OC(=O)C[N+]67CCN(CC6)CC7)C(C)(C)C5CC[C@]43C)C12. The first kappa shape index (κ1) is 29.8. The monoisotopic (exact) mass is 579 g/mol. The van der Waals surface area contributed by atoms with Crippen LogP contribution < -0.4 is 0 Å². The minimum absolute atomic E-state index is 0.0317. The summed E-state index contributed by atoms with van der Waals surface area (Å²) in [7, 11) is 0. The number of nitrogens with zero attached hydrogens (tertiary/aromatic N) is 2. The van der Waals surface area contributed by atoms with Gasteiger partial charge in [0, 0.05) is 25.0 Å². The first-order valence-electron chi connectivity index (χ1n) is 18.1. The van der Waals surface area contributed by atoms with E-state index in [-0.39, 0.29) is 17.5 Å². The Morgan fingerprint density at radius 3 is 2.17 bits per heavy atom. The molecule has 8 aliphatic rings. The molecule has 3 saturated heterocycles. The van der Waals surface area contributed by atoms with Gasteiger partial charge in [-0.2, -0.15) is 0 Å². The molecule has 5 saturated carbocycles. The van der Waals surface area contributed by atoms with Crippen LogP contribution in [0.2, 0.25) is 0 Å². The first-order valence-corrected chi connectivity index (χ1v) is 18.1. The lowest BCUT2D eigenvalue weighted by molar-refractivity contribution is -0.934. The topological polar surface area (TPSA) is 29.5 Å². The lowest BCUT2D eigenvalue weighted by Gasteiger charge is -2.73. The summed E-state index contributed by atoms with van der Waals surface area (Å²) in [6, 6.07) is 0. The Morgan fingerprint density at radius 1 is 0.810 bits per heavy atom. The first-order chi connectivity index (χ1) is 19.7. The van der Waals surface area contributed by atoms with Gasteiger partial charge in [-0.1, -0.05) is 53.7 Å². The third-order valence-electron chi connectivity index (χ3n) is 16.8. The minimum Gasteiger partial charge on any atom is -0.458 e. The lowest BCUT2D eigenvalue weighted by atomic mass is 9.32. The van der Waals surface area contributed by atoms with Crippen molar-refractivity contribution in [1.29, 1.82) is 0 Å². The van der Waals surface area contributed by atoms with Gasteiger partial charge in [0.15, 0.2) is 6.54 Å². The maximum Gasteiger partial charge on any atom is 0.362 e. The zero-order valence-corrected chi connectivity index (χ0v) is 28.4. The molecule has 0 spiro atoms. The Kier molecular flexibility index (Phi) is 6.79. The van der Waals surface area contributed by atoms with Crippen molar-refractivity contribution in [2.75, 3.05) is 45.8 Å². The van der Waals surface area contributed by atoms with E-state index in [1.807, 2.05) is 0 Å². The van der Waals surface area contributed by atoms with E-state index in [1.165, 1.54) is 63.4 Å². The summed E-state index contributed by atoms with van der Waals surface area (Å²) in [4.78, 5) is 16.1. The molecule has 4 heteroatoms. The molecule has 0 aromatic heterocycles. The molecule has 236 valence electrons. The number of hydrogen-bond acceptors (Lipinski definition) is 3. The van der Waals surface area contributed by atoms with Gasteiger partial charge in [-0.15, -0.1) is 0 Å². The van der Waals surface area contributed by atoms with Gasteiger partial charge in [-0.05, 0) is 122 Å². The molecule has 5 aliphatic carbocycles. The number of hydrogen-bond donors (Lipinski definition) is 0. The molecule has 4 unspecified atom stereocenters. The Morgan fingerprint density at radius 2 is 1.50 bits per heavy atom. The van der Waals surface area contributed by atoms with Crippen LogP contribution in [0.25, 0.3) is 0 Å². The molecule has 0 aromatic carbocycles. The van der Waals surface area contributed by atoms with Crippen molar-refractivity contribution in [3.05, 3.63) is 12.2 Å². The van der Waals surface area contributed by atoms with Crippen LogP contribution in [-0.2, 0) is 9.53 Å². The molecule has 0 N–H and O–H groups in total. The zero-order chi connectivity index (χ0) is 29.9. The Labute approximate surface area is 258 Å². The second-order valence-electron chi connectivity index (χ2n) is 18.7. The van der Waals surface area contributed by atoms with Gasteiger partial charge in [-0.3, -0.25) is 4.90 Å². The Balaban J connectivity index is 1.11. The van der Waals surface area contributed by atoms with Gasteiger partial charge in [0.2, 0.25) is 0 Å². The second kappa shape index (κ2) is 9.57. The van der Waals surface area contributed by atoms with Crippen LogP contribution in [-0.4, -0.2) is 67.3 Å². The highest BCUT2D eigenvalue weighted by Crippen LogP contribution is 2.77. The smallest absolute Gasteiger partial charge is 0.362 e. The summed E-state index contributed by atoms with van der Waals surface area (Å²) in [5.74, 6) is 3.89. The van der Waals surface area contributed by atoms with Gasteiger partial charge in [0.05, 0.1) is 19.6 Å². The summed E-state index contributed by atoms with van der Waals surface area (Å²) < 4.78 is 7.50. The molecule has 0 amide bonds. The number of esters is 1. The number of ether oxygens (including phenoxy) is 1. The zero-order valence-electron chi connectivity index (χ0n) is 28.4. The molecule has 3 heterocycles. The van der Waals surface area contributed by atoms with Crippen molar-refractivity contribution in [2.45, 2.75) is 119 Å². The van der Waals surface area contributed by atoms with E-state index in [4.69, 9.17) is 4.74 Å². The van der Waals surface area contributed by atoms with Gasteiger partial charge in [-0.25, -0.2) is 4.79 Å². The van der Waals surface area contributed by atoms with Crippen molar-refractivity contribution in [3.63, 3.8) is 0 Å². The number of fused-ring (bicyclic) bond motifs is 10. The normalized spacial score (nSPS) is 54.2. The van der Waals surface area contributed by atoms with E-state index in [0.29, 0.717) is 34.1 Å². The largest absolute Gasteiger partial charge is 0.458 e. The molecule has 0 radical (unpaired) electrons. The van der Waals surface area contributed by atoms with Gasteiger partial charge < -0.3 is 9.22 Å². The maximum absolute atomic E-state index is 13.5. The van der Waals surface area contributed by atoms with E-state index in [9.17, 15) is 4.79 Å². The number of carbonyl (C=O) groups excluding carboxylic acids is 1. The van der Waals surface area contributed by atoms with E-state index < -0.39 is 0 Å². The van der Waals surface area contributed by atoms with Gasteiger partial charge >= 0.3 is 5.97 Å². The average molecular weight is 580 g/mol. The number of rotatable bonds is 4. The fourth-order valence-electron chi connectivity index (χ4n) is 14.1. The van der Waals surface area contributed by atoms with Crippen LogP contribution in [0.15, 0.2) is 12.2 Å². The maximum atomic E-state index is 13.5. The Hall–Kier alpha value is -0.870. The predicted octanol–water partition coefficient (Wildman–Crippen LogP) is 7.72. The van der Waals surface area contributed by atoms with E-state index in [0.717, 1.165) is 73.8 Å². The lowest BCUT2D eigenvalue weighted by Crippen LogP contribution is -2.69. The quantitative estimate of drug-likeness (QED) is 0.194. The molecule has 2 bridgehead atoms. The molecule has 4 nitrogen and oxygen atoms in total. The molecule has 3 aliphatic heterocycles. The van der Waals surface area contributed by atoms with Crippen molar-refractivity contribution >= 4 is 5.97 Å². The Bertz CT molecular complexity index is 1110. The van der Waals surface area contributed by atoms with E-state index in [1.54, 1.807) is 0 Å². The highest BCUT2D eigenvalue weighted by Gasteiger charge is 2.70. The van der Waals surface area contributed by atoms with Crippen LogP contribution in [0.5, 0.6) is 0 Å². The van der Waals surface area contributed by atoms with Crippen molar-refractivity contribution in [2.24, 2.45) is 56.7 Å². The summed E-state index contributed by atoms with van der Waals surface area (Å²) >= 11 is 0. The summed E-state index contributed by atoms with van der Waals surface area (Å²) in [5, 5.41) is 0. The van der Waals surface area contributed by atoms with E-state index >= 15 is 0 Å². The van der Waals surface area contributed by atoms with Crippen LogP contribution in [0.1, 0.15) is 113 Å². The van der Waals surface area contributed by atoms with Crippen molar-refractivity contribution in [3.8, 4) is 0 Å². The third-order valence-corrected chi connectivity index (χ3v) is 16.8. The average Bonchev–Trinajstić information content (AvgIpc) is 3.29. The van der Waals surface area contributed by atoms with Gasteiger partial charge in [0.25, 0.3) is 0 Å². The molecular formula is C38H63N2O2+. The molecule has 8 fully saturated rings. The number of piperazine rings is 3. The van der Waals surface area contributed by atoms with Crippen LogP contribution >= 0.6 is 0 Å². The van der Waals surface area contributed by atoms with Gasteiger partial charge in [0.1, 0.15) is 6.10 Å². The second-order valence-corrected chi connectivity index (χ2v) is 18.7. The highest BCUT2D eigenvalue weighted by atomic mass is 16.5. The molecular weight excluding hydrogens is 516 g/mol. The van der Waals surface area contributed by atoms with Crippen molar-refractivity contribution in [1.82, 2.24) is 4.90 Å². The number of quaternary nitrogens is 1. The molecule has 8 rings (SSSR count). The molecule has 42 heavy (non-hydrogen) atoms. The van der Waals surface area contributed by atoms with Crippen LogP contribution in [0.3, 0.4) is 0 Å². The van der Waals surface area contributed by atoms with Crippen LogP contribution in [0, 0.1) is 56.7 Å². The molecule has 10 atom stereocenters. The number of carbonyl (C=O) groups is 1.